The molecule has 1 amide bonds. The van der Waals surface area contributed by atoms with Crippen molar-refractivity contribution in [2.45, 2.75) is 26.0 Å². The maximum atomic E-state index is 13.2. The van der Waals surface area contributed by atoms with Crippen molar-refractivity contribution in [1.29, 1.82) is 0 Å². The number of hydrogen-bond donors (Lipinski definition) is 1. The topological polar surface area (TPSA) is 79.3 Å². The molecule has 7 nitrogen and oxygen atoms in total. The lowest BCUT2D eigenvalue weighted by molar-refractivity contribution is -0.139. The Morgan fingerprint density at radius 1 is 0.895 bits per heavy atom. The highest BCUT2D eigenvalue weighted by Gasteiger charge is 2.45. The van der Waals surface area contributed by atoms with Crippen molar-refractivity contribution in [3.05, 3.63) is 101 Å². The smallest absolute Gasteiger partial charge is 0.295 e. The molecule has 1 N–H and O–H groups in total. The Morgan fingerprint density at radius 2 is 1.53 bits per heavy atom. The summed E-state index contributed by atoms with van der Waals surface area (Å²) in [5.74, 6) is -0.154. The molecule has 4 rings (SSSR count). The predicted octanol–water partition coefficient (Wildman–Crippen LogP) is 5.04. The van der Waals surface area contributed by atoms with Crippen LogP contribution in [0.3, 0.4) is 0 Å². The number of ether oxygens (including phenoxy) is 2. The monoisotopic (exact) mass is 514 g/mol. The van der Waals surface area contributed by atoms with E-state index in [-0.39, 0.29) is 11.3 Å². The first-order valence-electron chi connectivity index (χ1n) is 12.8. The van der Waals surface area contributed by atoms with Crippen LogP contribution in [0.15, 0.2) is 84.4 Å². The molecule has 1 aliphatic heterocycles. The van der Waals surface area contributed by atoms with Crippen molar-refractivity contribution in [3.63, 3.8) is 0 Å². The fourth-order valence-corrected chi connectivity index (χ4v) is 4.53. The van der Waals surface area contributed by atoms with Gasteiger partial charge in [-0.2, -0.15) is 0 Å². The second kappa shape index (κ2) is 12.4. The van der Waals surface area contributed by atoms with Crippen molar-refractivity contribution >= 4 is 17.4 Å². The molecular formula is C31H34N2O5. The minimum absolute atomic E-state index is 0.0852. The van der Waals surface area contributed by atoms with Gasteiger partial charge in [-0.3, -0.25) is 9.59 Å². The number of amides is 1. The number of ketones is 1. The van der Waals surface area contributed by atoms with E-state index < -0.39 is 17.7 Å². The zero-order chi connectivity index (χ0) is 27.1. The third-order valence-electron chi connectivity index (χ3n) is 6.43. The number of Topliss-reactive ketones (excluding diaryl/α,β-unsaturated/α-hetero) is 1. The molecule has 38 heavy (non-hydrogen) atoms. The van der Waals surface area contributed by atoms with Gasteiger partial charge in [0.1, 0.15) is 23.9 Å². The molecule has 0 spiro atoms. The summed E-state index contributed by atoms with van der Waals surface area (Å²) in [4.78, 5) is 30.0. The average Bonchev–Trinajstić information content (AvgIpc) is 3.18. The Balaban J connectivity index is 1.63. The number of rotatable bonds is 11. The van der Waals surface area contributed by atoms with E-state index in [4.69, 9.17) is 9.47 Å². The van der Waals surface area contributed by atoms with Crippen LogP contribution < -0.4 is 9.47 Å². The van der Waals surface area contributed by atoms with Crippen LogP contribution in [-0.4, -0.2) is 60.4 Å². The summed E-state index contributed by atoms with van der Waals surface area (Å²) < 4.78 is 11.4. The fourth-order valence-electron chi connectivity index (χ4n) is 4.53. The first-order valence-corrected chi connectivity index (χ1v) is 12.8. The number of nitrogens with zero attached hydrogens (tertiary/aromatic N) is 2. The summed E-state index contributed by atoms with van der Waals surface area (Å²) in [6.07, 6.45) is 0.695. The summed E-state index contributed by atoms with van der Waals surface area (Å²) in [6, 6.07) is 23.3. The Morgan fingerprint density at radius 3 is 2.16 bits per heavy atom. The van der Waals surface area contributed by atoms with E-state index in [1.165, 1.54) is 0 Å². The Kier molecular flexibility index (Phi) is 8.81. The molecule has 0 aliphatic carbocycles. The molecule has 1 unspecified atom stereocenters. The van der Waals surface area contributed by atoms with Crippen LogP contribution in [0.5, 0.6) is 11.5 Å². The predicted molar refractivity (Wildman–Crippen MR) is 147 cm³/mol. The molecule has 198 valence electrons. The summed E-state index contributed by atoms with van der Waals surface area (Å²) in [5, 5.41) is 11.3. The largest absolute Gasteiger partial charge is 0.507 e. The van der Waals surface area contributed by atoms with Gasteiger partial charge >= 0.3 is 0 Å². The third-order valence-corrected chi connectivity index (χ3v) is 6.43. The highest BCUT2D eigenvalue weighted by atomic mass is 16.5. The second-order valence-electron chi connectivity index (χ2n) is 9.45. The number of carbonyl (C=O) groups is 2. The van der Waals surface area contributed by atoms with Gasteiger partial charge in [-0.05, 0) is 81.5 Å². The minimum Gasteiger partial charge on any atom is -0.507 e. The average molecular weight is 515 g/mol. The fraction of sp³-hybridized carbons (Fsp3) is 0.290. The lowest BCUT2D eigenvalue weighted by atomic mass is 9.95. The third kappa shape index (κ3) is 6.23. The van der Waals surface area contributed by atoms with E-state index in [0.29, 0.717) is 43.2 Å². The van der Waals surface area contributed by atoms with E-state index in [2.05, 4.69) is 0 Å². The summed E-state index contributed by atoms with van der Waals surface area (Å²) in [6.45, 7) is 4.02. The van der Waals surface area contributed by atoms with Crippen molar-refractivity contribution in [1.82, 2.24) is 9.80 Å². The normalized spacial score (nSPS) is 16.7. The number of likely N-dealkylation sites (tertiary alicyclic amines) is 1. The molecule has 3 aromatic carbocycles. The summed E-state index contributed by atoms with van der Waals surface area (Å²) in [7, 11) is 3.93. The first-order chi connectivity index (χ1) is 18.4. The van der Waals surface area contributed by atoms with Gasteiger partial charge in [0.25, 0.3) is 11.7 Å². The molecule has 0 saturated carbocycles. The standard InChI is InChI=1S/C31H34N2O5/c1-4-37-25-15-11-23(12-16-25)28-27(30(35)31(36)33(28)20-8-19-32(2)3)29(34)24-13-17-26(18-14-24)38-21-22-9-6-5-7-10-22/h5-7,9-18,28,34H,4,8,19-21H2,1-3H3/b29-27+. The number of aliphatic hydroxyl groups excluding tert-OH is 1. The van der Waals surface area contributed by atoms with E-state index in [1.54, 1.807) is 29.2 Å². The van der Waals surface area contributed by atoms with Gasteiger partial charge in [0.15, 0.2) is 0 Å². The van der Waals surface area contributed by atoms with Gasteiger partial charge < -0.3 is 24.4 Å². The molecule has 3 aromatic rings. The number of benzene rings is 3. The lowest BCUT2D eigenvalue weighted by Gasteiger charge is -2.26. The summed E-state index contributed by atoms with van der Waals surface area (Å²) >= 11 is 0. The SMILES string of the molecule is CCOc1ccc(C2/C(=C(\O)c3ccc(OCc4ccccc4)cc3)C(=O)C(=O)N2CCCN(C)C)cc1. The van der Waals surface area contributed by atoms with Crippen molar-refractivity contribution in [2.24, 2.45) is 0 Å². The molecule has 0 radical (unpaired) electrons. The lowest BCUT2D eigenvalue weighted by Crippen LogP contribution is -2.32. The Hall–Kier alpha value is -4.10. The van der Waals surface area contributed by atoms with E-state index in [1.807, 2.05) is 80.5 Å². The summed E-state index contributed by atoms with van der Waals surface area (Å²) in [5.41, 5.74) is 2.31. The molecule has 0 bridgehead atoms. The molecule has 1 saturated heterocycles. The maximum absolute atomic E-state index is 13.2. The highest BCUT2D eigenvalue weighted by Crippen LogP contribution is 2.40. The van der Waals surface area contributed by atoms with Crippen molar-refractivity contribution in [3.8, 4) is 11.5 Å². The van der Waals surface area contributed by atoms with Crippen LogP contribution >= 0.6 is 0 Å². The molecule has 1 aliphatic rings. The number of carbonyl (C=O) groups excluding carboxylic acids is 2. The maximum Gasteiger partial charge on any atom is 0.295 e. The van der Waals surface area contributed by atoms with Crippen LogP contribution in [-0.2, 0) is 16.2 Å². The van der Waals surface area contributed by atoms with E-state index in [9.17, 15) is 14.7 Å². The Bertz CT molecular complexity index is 1270. The van der Waals surface area contributed by atoms with Crippen LogP contribution in [0.1, 0.15) is 36.1 Å². The van der Waals surface area contributed by atoms with Gasteiger partial charge in [-0.1, -0.05) is 42.5 Å². The molecular weight excluding hydrogens is 480 g/mol. The molecule has 1 fully saturated rings. The van der Waals surface area contributed by atoms with E-state index in [0.717, 1.165) is 17.7 Å². The molecule has 0 aromatic heterocycles. The van der Waals surface area contributed by atoms with Crippen LogP contribution in [0.4, 0.5) is 0 Å². The van der Waals surface area contributed by atoms with Crippen molar-refractivity contribution < 1.29 is 24.2 Å². The van der Waals surface area contributed by atoms with Gasteiger partial charge in [0, 0.05) is 12.1 Å². The van der Waals surface area contributed by atoms with Gasteiger partial charge in [0.2, 0.25) is 0 Å². The zero-order valence-corrected chi connectivity index (χ0v) is 22.1. The molecule has 1 atom stereocenters. The zero-order valence-electron chi connectivity index (χ0n) is 22.1. The second-order valence-corrected chi connectivity index (χ2v) is 9.45. The Labute approximate surface area is 223 Å². The van der Waals surface area contributed by atoms with Crippen molar-refractivity contribution in [2.75, 3.05) is 33.8 Å². The van der Waals surface area contributed by atoms with Gasteiger partial charge in [-0.25, -0.2) is 0 Å². The molecule has 1 heterocycles. The molecule has 7 heteroatoms. The van der Waals surface area contributed by atoms with Crippen LogP contribution in [0, 0.1) is 0 Å². The van der Waals surface area contributed by atoms with Gasteiger partial charge in [-0.15, -0.1) is 0 Å². The first kappa shape index (κ1) is 26.9. The van der Waals surface area contributed by atoms with Crippen LogP contribution in [0.25, 0.3) is 5.76 Å². The van der Waals surface area contributed by atoms with Crippen LogP contribution in [0.2, 0.25) is 0 Å². The number of hydrogen-bond acceptors (Lipinski definition) is 6. The quantitative estimate of drug-likeness (QED) is 0.220. The minimum atomic E-state index is -0.693. The van der Waals surface area contributed by atoms with Gasteiger partial charge in [0.05, 0.1) is 18.2 Å². The number of aliphatic hydroxyl groups is 1. The highest BCUT2D eigenvalue weighted by molar-refractivity contribution is 6.46. The van der Waals surface area contributed by atoms with E-state index >= 15 is 0 Å².